The Morgan fingerprint density at radius 1 is 0.946 bits per heavy atom. The van der Waals surface area contributed by atoms with Crippen LogP contribution in [0.25, 0.3) is 0 Å². The Balaban J connectivity index is 4.79. The van der Waals surface area contributed by atoms with Crippen LogP contribution in [0.3, 0.4) is 0 Å². The van der Waals surface area contributed by atoms with Crippen LogP contribution in [0.5, 0.6) is 0 Å². The molecule has 37 heavy (non-hydrogen) atoms. The van der Waals surface area contributed by atoms with E-state index in [1.807, 2.05) is 13.8 Å². The van der Waals surface area contributed by atoms with Crippen LogP contribution < -0.4 is 10.6 Å². The SMILES string of the molecule is CC[C@@H](C)[C@H](NC(=O)OC(C)(C)C)C(=O)N[C@@H](CSC/C=C(\C)CC/C=C(\C)CCC=C(C)C)C(=O)O. The Morgan fingerprint density at radius 3 is 2.03 bits per heavy atom. The minimum absolute atomic E-state index is 0.190. The van der Waals surface area contributed by atoms with Crippen molar-refractivity contribution in [1.29, 1.82) is 0 Å². The van der Waals surface area contributed by atoms with Gasteiger partial charge in [0.05, 0.1) is 0 Å². The average Bonchev–Trinajstić information content (AvgIpc) is 2.77. The lowest BCUT2D eigenvalue weighted by molar-refractivity contribution is -0.141. The number of thioether (sulfide) groups is 1. The number of allylic oxidation sites excluding steroid dienone is 5. The average molecular weight is 539 g/mol. The van der Waals surface area contributed by atoms with Gasteiger partial charge in [0.25, 0.3) is 0 Å². The number of hydrogen-bond donors (Lipinski definition) is 3. The van der Waals surface area contributed by atoms with Crippen LogP contribution in [0.15, 0.2) is 34.9 Å². The number of ether oxygens (including phenoxy) is 1. The van der Waals surface area contributed by atoms with E-state index in [1.54, 1.807) is 20.8 Å². The maximum atomic E-state index is 12.9. The molecule has 3 atom stereocenters. The van der Waals surface area contributed by atoms with Gasteiger partial charge in [-0.2, -0.15) is 11.8 Å². The summed E-state index contributed by atoms with van der Waals surface area (Å²) >= 11 is 1.46. The van der Waals surface area contributed by atoms with Crippen molar-refractivity contribution in [3.05, 3.63) is 34.9 Å². The number of nitrogens with one attached hydrogen (secondary N) is 2. The first-order valence-corrected chi connectivity index (χ1v) is 14.4. The van der Waals surface area contributed by atoms with Gasteiger partial charge in [-0.05, 0) is 80.1 Å². The highest BCUT2D eigenvalue weighted by molar-refractivity contribution is 7.99. The van der Waals surface area contributed by atoms with Crippen molar-refractivity contribution in [2.75, 3.05) is 11.5 Å². The van der Waals surface area contributed by atoms with Crippen molar-refractivity contribution in [3.63, 3.8) is 0 Å². The van der Waals surface area contributed by atoms with Crippen LogP contribution in [0.4, 0.5) is 4.79 Å². The zero-order valence-corrected chi connectivity index (χ0v) is 25.2. The van der Waals surface area contributed by atoms with Gasteiger partial charge >= 0.3 is 12.1 Å². The summed E-state index contributed by atoms with van der Waals surface area (Å²) in [4.78, 5) is 36.9. The molecule has 0 aliphatic carbocycles. The highest BCUT2D eigenvalue weighted by Gasteiger charge is 2.31. The number of carboxylic acids is 1. The van der Waals surface area contributed by atoms with E-state index in [2.05, 4.69) is 56.6 Å². The van der Waals surface area contributed by atoms with Crippen LogP contribution >= 0.6 is 11.8 Å². The predicted molar refractivity (Wildman–Crippen MR) is 155 cm³/mol. The van der Waals surface area contributed by atoms with Crippen molar-refractivity contribution >= 4 is 29.7 Å². The summed E-state index contributed by atoms with van der Waals surface area (Å²) in [6.45, 7) is 17.4. The Bertz CT molecular complexity index is 823. The van der Waals surface area contributed by atoms with Gasteiger partial charge < -0.3 is 20.5 Å². The van der Waals surface area contributed by atoms with E-state index in [0.717, 1.165) is 25.7 Å². The molecule has 0 unspecified atom stereocenters. The molecule has 0 fully saturated rings. The molecular weight excluding hydrogens is 488 g/mol. The summed E-state index contributed by atoms with van der Waals surface area (Å²) in [5.41, 5.74) is 3.31. The summed E-state index contributed by atoms with van der Waals surface area (Å²) in [6, 6.07) is -1.93. The minimum atomic E-state index is -1.10. The number of amides is 2. The lowest BCUT2D eigenvalue weighted by atomic mass is 9.98. The fourth-order valence-electron chi connectivity index (χ4n) is 3.30. The van der Waals surface area contributed by atoms with E-state index in [4.69, 9.17) is 4.74 Å². The summed E-state index contributed by atoms with van der Waals surface area (Å²) < 4.78 is 5.27. The Morgan fingerprint density at radius 2 is 1.51 bits per heavy atom. The molecule has 0 aromatic heterocycles. The second-order valence-electron chi connectivity index (χ2n) is 10.9. The second-order valence-corrected chi connectivity index (χ2v) is 12.0. The Labute approximate surface area is 229 Å². The van der Waals surface area contributed by atoms with Gasteiger partial charge in [0.1, 0.15) is 17.7 Å². The quantitative estimate of drug-likeness (QED) is 0.150. The summed E-state index contributed by atoms with van der Waals surface area (Å²) in [5.74, 6) is -0.916. The molecule has 7 nitrogen and oxygen atoms in total. The second kappa shape index (κ2) is 18.1. The van der Waals surface area contributed by atoms with Crippen molar-refractivity contribution < 1.29 is 24.2 Å². The molecule has 2 amide bonds. The molecule has 0 heterocycles. The van der Waals surface area contributed by atoms with Crippen LogP contribution in [0.1, 0.15) is 94.4 Å². The fraction of sp³-hybridized carbons (Fsp3) is 0.690. The highest BCUT2D eigenvalue weighted by atomic mass is 32.2. The maximum Gasteiger partial charge on any atom is 0.408 e. The Hall–Kier alpha value is -2.22. The van der Waals surface area contributed by atoms with Gasteiger partial charge in [-0.25, -0.2) is 9.59 Å². The standard InChI is InChI=1S/C29H50N2O5S/c1-10-23(6)25(31-28(35)36-29(7,8)9)26(32)30-24(27(33)34)19-37-18-17-22(5)16-12-15-21(4)14-11-13-20(2)3/h13,15,17,23-25H,10-12,14,16,18-19H2,1-9H3,(H,30,32)(H,31,35)(H,33,34)/b21-15+,22-17+/t23-,24+,25+/m1/s1. The third-order valence-corrected chi connectivity index (χ3v) is 6.71. The minimum Gasteiger partial charge on any atom is -0.480 e. The van der Waals surface area contributed by atoms with E-state index < -0.39 is 35.7 Å². The van der Waals surface area contributed by atoms with E-state index in [-0.39, 0.29) is 11.7 Å². The largest absolute Gasteiger partial charge is 0.480 e. The zero-order chi connectivity index (χ0) is 28.6. The first-order chi connectivity index (χ1) is 17.2. The smallest absolute Gasteiger partial charge is 0.408 e. The third-order valence-electron chi connectivity index (χ3n) is 5.74. The van der Waals surface area contributed by atoms with Crippen LogP contribution in [0.2, 0.25) is 0 Å². The molecule has 0 bridgehead atoms. The molecule has 0 aliphatic heterocycles. The van der Waals surface area contributed by atoms with Gasteiger partial charge in [-0.1, -0.05) is 55.2 Å². The molecule has 212 valence electrons. The van der Waals surface area contributed by atoms with E-state index in [9.17, 15) is 19.5 Å². The first-order valence-electron chi connectivity index (χ1n) is 13.2. The van der Waals surface area contributed by atoms with Crippen LogP contribution in [-0.4, -0.2) is 52.3 Å². The normalized spacial score (nSPS) is 14.8. The number of carbonyl (C=O) groups excluding carboxylic acids is 2. The molecule has 0 aromatic carbocycles. The molecule has 3 N–H and O–H groups in total. The van der Waals surface area contributed by atoms with Crippen molar-refractivity contribution in [1.82, 2.24) is 10.6 Å². The maximum absolute atomic E-state index is 12.9. The summed E-state index contributed by atoms with van der Waals surface area (Å²) in [6.07, 6.45) is 10.7. The summed E-state index contributed by atoms with van der Waals surface area (Å²) in [5, 5.41) is 14.8. The summed E-state index contributed by atoms with van der Waals surface area (Å²) in [7, 11) is 0. The lowest BCUT2D eigenvalue weighted by Crippen LogP contribution is -2.55. The molecule has 0 aliphatic rings. The number of rotatable bonds is 16. The van der Waals surface area contributed by atoms with E-state index >= 15 is 0 Å². The molecule has 0 radical (unpaired) electrons. The van der Waals surface area contributed by atoms with Gasteiger partial charge in [-0.3, -0.25) is 4.79 Å². The highest BCUT2D eigenvalue weighted by Crippen LogP contribution is 2.14. The number of hydrogen-bond acceptors (Lipinski definition) is 5. The van der Waals surface area contributed by atoms with Gasteiger partial charge in [0.15, 0.2) is 0 Å². The molecule has 8 heteroatoms. The number of carboxylic acid groups (broad SMARTS) is 1. The monoisotopic (exact) mass is 538 g/mol. The topological polar surface area (TPSA) is 105 Å². The van der Waals surface area contributed by atoms with Gasteiger partial charge in [-0.15, -0.1) is 0 Å². The van der Waals surface area contributed by atoms with E-state index in [0.29, 0.717) is 12.2 Å². The van der Waals surface area contributed by atoms with E-state index in [1.165, 1.54) is 28.5 Å². The number of alkyl carbamates (subject to hydrolysis) is 1. The molecular formula is C29H50N2O5S. The van der Waals surface area contributed by atoms with Crippen LogP contribution in [-0.2, 0) is 14.3 Å². The molecule has 0 spiro atoms. The fourth-order valence-corrected chi connectivity index (χ4v) is 4.30. The van der Waals surface area contributed by atoms with Gasteiger partial charge in [0.2, 0.25) is 5.91 Å². The zero-order valence-electron chi connectivity index (χ0n) is 24.4. The van der Waals surface area contributed by atoms with Gasteiger partial charge in [0, 0.05) is 11.5 Å². The third kappa shape index (κ3) is 17.8. The van der Waals surface area contributed by atoms with Crippen LogP contribution in [0, 0.1) is 5.92 Å². The number of carbonyl (C=O) groups is 3. The lowest BCUT2D eigenvalue weighted by Gasteiger charge is -2.27. The Kier molecular flexibility index (Phi) is 17.0. The molecule has 0 saturated heterocycles. The predicted octanol–water partition coefficient (Wildman–Crippen LogP) is 6.65. The molecule has 0 rings (SSSR count). The molecule has 0 aromatic rings. The van der Waals surface area contributed by atoms with Crippen molar-refractivity contribution in [2.24, 2.45) is 5.92 Å². The molecule has 0 saturated carbocycles. The van der Waals surface area contributed by atoms with Crippen molar-refractivity contribution in [2.45, 2.75) is 112 Å². The first kappa shape index (κ1) is 34.8. The number of aliphatic carboxylic acids is 1. The van der Waals surface area contributed by atoms with Crippen molar-refractivity contribution in [3.8, 4) is 0 Å².